The first-order valence-corrected chi connectivity index (χ1v) is 22.6. The molecule has 0 fully saturated rings. The van der Waals surface area contributed by atoms with Crippen LogP contribution in [0.25, 0.3) is 16.7 Å². The van der Waals surface area contributed by atoms with E-state index >= 15 is 0 Å². The van der Waals surface area contributed by atoms with Gasteiger partial charge in [-0.3, -0.25) is 0 Å². The van der Waals surface area contributed by atoms with E-state index in [-0.39, 0.29) is 0 Å². The Hall–Kier alpha value is -7.86. The molecule has 9 aromatic rings. The summed E-state index contributed by atoms with van der Waals surface area (Å²) in [7, 11) is -1.54. The molecule has 0 atom stereocenters. The van der Waals surface area contributed by atoms with Gasteiger partial charge < -0.3 is 14.0 Å². The van der Waals surface area contributed by atoms with E-state index in [1.54, 1.807) is 0 Å². The van der Waals surface area contributed by atoms with Gasteiger partial charge in [-0.15, -0.1) is 0 Å². The minimum atomic E-state index is -1.54. The largest absolute Gasteiger partial charge is 0.643 e. The maximum absolute atomic E-state index is 8.07. The third-order valence-corrected chi connectivity index (χ3v) is 12.5. The van der Waals surface area contributed by atoms with Crippen LogP contribution in [0.2, 0.25) is 0 Å². The van der Waals surface area contributed by atoms with Gasteiger partial charge in [-0.05, 0) is 66.8 Å². The van der Waals surface area contributed by atoms with E-state index in [1.165, 1.54) is 0 Å². The maximum atomic E-state index is 8.07. The van der Waals surface area contributed by atoms with Crippen LogP contribution in [0.4, 0.5) is 0 Å². The smallest absolute Gasteiger partial charge is 0.368 e. The van der Waals surface area contributed by atoms with Crippen molar-refractivity contribution in [2.45, 2.75) is 16.8 Å². The van der Waals surface area contributed by atoms with Gasteiger partial charge >= 0.3 is 7.32 Å². The van der Waals surface area contributed by atoms with E-state index < -0.39 is 24.1 Å². The molecule has 3 nitrogen and oxygen atoms in total. The molecule has 0 heterocycles. The van der Waals surface area contributed by atoms with Crippen LogP contribution in [0.15, 0.2) is 293 Å². The van der Waals surface area contributed by atoms with Crippen molar-refractivity contribution in [1.29, 1.82) is 0 Å². The molecule has 324 valence electrons. The van der Waals surface area contributed by atoms with E-state index in [4.69, 9.17) is 33.7 Å². The summed E-state index contributed by atoms with van der Waals surface area (Å²) in [4.78, 5) is 0. The SMILES string of the molecule is C=C(c1ccccc1)C(OB(OC(C(=C)c1ccccc1)(c1ccccc1)c1ccccc1)OC(C(=C)c1ccccc1)(c1ccccc1)c1ccccc1)(c1ccccc1)c1ccccc1. The lowest BCUT2D eigenvalue weighted by Gasteiger charge is -2.46. The minimum absolute atomic E-state index is 0.682. The van der Waals surface area contributed by atoms with Gasteiger partial charge in [0, 0.05) is 0 Å². The van der Waals surface area contributed by atoms with E-state index in [2.05, 4.69) is 109 Å². The summed E-state index contributed by atoms with van der Waals surface area (Å²) in [6.45, 7) is 14.8. The predicted molar refractivity (Wildman–Crippen MR) is 276 cm³/mol. The van der Waals surface area contributed by atoms with Gasteiger partial charge in [0.25, 0.3) is 0 Å². The third-order valence-electron chi connectivity index (χ3n) is 12.5. The van der Waals surface area contributed by atoms with E-state index in [9.17, 15) is 0 Å². The Morgan fingerprint density at radius 3 is 0.552 bits per heavy atom. The van der Waals surface area contributed by atoms with Gasteiger partial charge in [-0.1, -0.05) is 293 Å². The van der Waals surface area contributed by atoms with Crippen LogP contribution in [-0.4, -0.2) is 7.32 Å². The molecule has 9 rings (SSSR count). The second-order valence-electron chi connectivity index (χ2n) is 16.4. The van der Waals surface area contributed by atoms with Crippen molar-refractivity contribution in [3.63, 3.8) is 0 Å². The Bertz CT molecular complexity index is 2550. The quantitative estimate of drug-likeness (QED) is 0.0804. The maximum Gasteiger partial charge on any atom is 0.643 e. The van der Waals surface area contributed by atoms with Crippen LogP contribution < -0.4 is 0 Å². The summed E-state index contributed by atoms with van der Waals surface area (Å²) in [6.07, 6.45) is 0. The normalized spacial score (nSPS) is 11.6. The van der Waals surface area contributed by atoms with Crippen molar-refractivity contribution in [2.75, 3.05) is 0 Å². The van der Waals surface area contributed by atoms with Crippen LogP contribution in [0.3, 0.4) is 0 Å². The van der Waals surface area contributed by atoms with Gasteiger partial charge in [0.05, 0.1) is 0 Å². The summed E-state index contributed by atoms with van der Waals surface area (Å²) in [6, 6.07) is 91.8. The van der Waals surface area contributed by atoms with Gasteiger partial charge in [-0.25, -0.2) is 0 Å². The van der Waals surface area contributed by atoms with Gasteiger partial charge in [0.1, 0.15) is 16.8 Å². The highest BCUT2D eigenvalue weighted by Gasteiger charge is 2.54. The Morgan fingerprint density at radius 2 is 0.388 bits per heavy atom. The Labute approximate surface area is 395 Å². The van der Waals surface area contributed by atoms with Crippen LogP contribution in [0.1, 0.15) is 50.1 Å². The molecular weight excluding hydrogens is 816 g/mol. The molecule has 0 unspecified atom stereocenters. The molecule has 0 aromatic heterocycles. The highest BCUT2D eigenvalue weighted by atomic mass is 16.8. The fourth-order valence-electron chi connectivity index (χ4n) is 9.24. The zero-order valence-electron chi connectivity index (χ0n) is 37.4. The fraction of sp³-hybridized carbons (Fsp3) is 0.0476. The highest BCUT2D eigenvalue weighted by molar-refractivity contribution is 6.38. The number of hydrogen-bond acceptors (Lipinski definition) is 3. The molecule has 0 spiro atoms. The monoisotopic (exact) mass is 866 g/mol. The zero-order valence-corrected chi connectivity index (χ0v) is 37.4. The molecule has 0 bridgehead atoms. The van der Waals surface area contributed by atoms with Gasteiger partial charge in [-0.2, -0.15) is 0 Å². The molecule has 0 amide bonds. The zero-order chi connectivity index (χ0) is 45.9. The van der Waals surface area contributed by atoms with Crippen molar-refractivity contribution in [3.05, 3.63) is 343 Å². The fourth-order valence-corrected chi connectivity index (χ4v) is 9.24. The Morgan fingerprint density at radius 1 is 0.239 bits per heavy atom. The number of hydrogen-bond donors (Lipinski definition) is 0. The summed E-state index contributed by atoms with van der Waals surface area (Å²) in [5, 5.41) is 0. The van der Waals surface area contributed by atoms with Crippen molar-refractivity contribution in [2.24, 2.45) is 0 Å². The van der Waals surface area contributed by atoms with Crippen molar-refractivity contribution in [1.82, 2.24) is 0 Å². The molecule has 0 aliphatic rings. The van der Waals surface area contributed by atoms with Crippen LogP contribution >= 0.6 is 0 Å². The topological polar surface area (TPSA) is 27.7 Å². The summed E-state index contributed by atoms with van der Waals surface area (Å²) >= 11 is 0. The molecule has 0 N–H and O–H groups in total. The molecule has 0 saturated carbocycles. The second-order valence-corrected chi connectivity index (χ2v) is 16.4. The highest BCUT2D eigenvalue weighted by Crippen LogP contribution is 2.52. The minimum Gasteiger partial charge on any atom is -0.368 e. The van der Waals surface area contributed by atoms with Crippen molar-refractivity contribution in [3.8, 4) is 0 Å². The van der Waals surface area contributed by atoms with E-state index in [0.717, 1.165) is 50.1 Å². The van der Waals surface area contributed by atoms with Crippen molar-refractivity contribution < 1.29 is 14.0 Å². The average molecular weight is 867 g/mol. The number of rotatable bonds is 18. The standard InChI is InChI=1S/C63H51BO3/c1-49(52-31-13-4-14-32-52)61(55-37-19-7-20-38-55,56-39-21-8-22-40-56)65-64(66-62(57-41-23-9-24-42-57,58-43-25-10-26-44-58)50(2)53-33-15-5-16-34-53)67-63(59-45-27-11-28-46-59,60-47-29-12-30-48-60)51(3)54-35-17-6-18-36-54/h4-48H,1-3H2. The lowest BCUT2D eigenvalue weighted by Crippen LogP contribution is -2.51. The van der Waals surface area contributed by atoms with Crippen molar-refractivity contribution >= 4 is 24.0 Å². The lowest BCUT2D eigenvalue weighted by atomic mass is 9.74. The molecule has 0 aliphatic heterocycles. The Balaban J connectivity index is 1.40. The van der Waals surface area contributed by atoms with Crippen LogP contribution in [0.5, 0.6) is 0 Å². The van der Waals surface area contributed by atoms with Crippen LogP contribution in [-0.2, 0) is 30.8 Å². The first-order valence-electron chi connectivity index (χ1n) is 22.6. The molecule has 67 heavy (non-hydrogen) atoms. The summed E-state index contributed by atoms with van der Waals surface area (Å²) < 4.78 is 24.2. The van der Waals surface area contributed by atoms with E-state index in [0.29, 0.717) is 16.7 Å². The summed E-state index contributed by atoms with van der Waals surface area (Å²) in [5.41, 5.74) is 5.37. The Kier molecular flexibility index (Phi) is 13.3. The molecule has 0 radical (unpaired) electrons. The predicted octanol–water partition coefficient (Wildman–Crippen LogP) is 15.0. The van der Waals surface area contributed by atoms with E-state index in [1.807, 2.05) is 164 Å². The molecule has 0 aliphatic carbocycles. The number of benzene rings is 9. The second kappa shape index (κ2) is 20.1. The molecule has 4 heteroatoms. The van der Waals surface area contributed by atoms with Gasteiger partial charge in [0.15, 0.2) is 0 Å². The molecule has 9 aromatic carbocycles. The van der Waals surface area contributed by atoms with Gasteiger partial charge in [0.2, 0.25) is 0 Å². The molecule has 0 saturated heterocycles. The first kappa shape index (κ1) is 44.4. The first-order chi connectivity index (χ1) is 33.0. The third kappa shape index (κ3) is 8.70. The molecular formula is C63H51BO3. The average Bonchev–Trinajstić information content (AvgIpc) is 3.42. The summed E-state index contributed by atoms with van der Waals surface area (Å²) in [5.74, 6) is 0. The lowest BCUT2D eigenvalue weighted by molar-refractivity contribution is -0.0219. The van der Waals surface area contributed by atoms with Crippen LogP contribution in [0, 0.1) is 0 Å².